The number of rotatable bonds is 4. The van der Waals surface area contributed by atoms with Crippen LogP contribution in [0.5, 0.6) is 0 Å². The molecule has 6 heteroatoms. The highest BCUT2D eigenvalue weighted by atomic mass is 35.5. The third kappa shape index (κ3) is 3.98. The van der Waals surface area contributed by atoms with Gasteiger partial charge in [-0.1, -0.05) is 18.5 Å². The summed E-state index contributed by atoms with van der Waals surface area (Å²) in [5.74, 6) is 0.520. The SMILES string of the molecule is CCc1nccc(CN2CCN(c3ccc(F)c(Cl)c3)CC2)n1. The molecule has 1 saturated heterocycles. The van der Waals surface area contributed by atoms with Crippen LogP contribution in [0.4, 0.5) is 10.1 Å². The predicted molar refractivity (Wildman–Crippen MR) is 90.3 cm³/mol. The van der Waals surface area contributed by atoms with Crippen molar-refractivity contribution in [2.75, 3.05) is 31.1 Å². The first-order valence-corrected chi connectivity index (χ1v) is 8.26. The molecule has 2 heterocycles. The van der Waals surface area contributed by atoms with Crippen molar-refractivity contribution in [3.8, 4) is 0 Å². The fourth-order valence-electron chi connectivity index (χ4n) is 2.77. The lowest BCUT2D eigenvalue weighted by atomic mass is 10.2. The van der Waals surface area contributed by atoms with Crippen molar-refractivity contribution >= 4 is 17.3 Å². The maximum absolute atomic E-state index is 13.3. The lowest BCUT2D eigenvalue weighted by molar-refractivity contribution is 0.247. The Bertz CT molecular complexity index is 671. The van der Waals surface area contributed by atoms with E-state index in [9.17, 15) is 4.39 Å². The number of hydrogen-bond donors (Lipinski definition) is 0. The second kappa shape index (κ2) is 7.23. The van der Waals surface area contributed by atoms with Gasteiger partial charge in [-0.3, -0.25) is 4.90 Å². The minimum absolute atomic E-state index is 0.179. The Morgan fingerprint density at radius 3 is 2.65 bits per heavy atom. The number of halogens is 2. The molecule has 0 bridgehead atoms. The summed E-state index contributed by atoms with van der Waals surface area (Å²) in [7, 11) is 0. The summed E-state index contributed by atoms with van der Waals surface area (Å²) in [6.45, 7) is 6.58. The third-order valence-corrected chi connectivity index (χ3v) is 4.40. The average molecular weight is 335 g/mol. The Kier molecular flexibility index (Phi) is 5.08. The van der Waals surface area contributed by atoms with Gasteiger partial charge in [-0.25, -0.2) is 14.4 Å². The highest BCUT2D eigenvalue weighted by Crippen LogP contribution is 2.23. The van der Waals surface area contributed by atoms with Crippen LogP contribution in [0.3, 0.4) is 0 Å². The molecule has 0 spiro atoms. The zero-order valence-corrected chi connectivity index (χ0v) is 13.9. The summed E-state index contributed by atoms with van der Waals surface area (Å²) >= 11 is 5.87. The van der Waals surface area contributed by atoms with Crippen molar-refractivity contribution in [3.05, 3.63) is 52.8 Å². The molecule has 0 atom stereocenters. The molecule has 0 unspecified atom stereocenters. The van der Waals surface area contributed by atoms with E-state index in [0.717, 1.165) is 56.4 Å². The predicted octanol–water partition coefficient (Wildman–Crippen LogP) is 3.15. The van der Waals surface area contributed by atoms with E-state index in [-0.39, 0.29) is 10.8 Å². The zero-order chi connectivity index (χ0) is 16.2. The number of benzene rings is 1. The van der Waals surface area contributed by atoms with Crippen LogP contribution in [0.15, 0.2) is 30.5 Å². The topological polar surface area (TPSA) is 32.3 Å². The molecule has 1 aliphatic heterocycles. The van der Waals surface area contributed by atoms with Crippen molar-refractivity contribution in [3.63, 3.8) is 0 Å². The first kappa shape index (κ1) is 16.1. The number of hydrogen-bond acceptors (Lipinski definition) is 4. The van der Waals surface area contributed by atoms with Gasteiger partial charge in [0, 0.05) is 51.0 Å². The highest BCUT2D eigenvalue weighted by Gasteiger charge is 2.18. The van der Waals surface area contributed by atoms with Crippen LogP contribution in [0.2, 0.25) is 5.02 Å². The molecular weight excluding hydrogens is 315 g/mol. The Balaban J connectivity index is 1.58. The molecule has 3 rings (SSSR count). The Morgan fingerprint density at radius 2 is 1.96 bits per heavy atom. The van der Waals surface area contributed by atoms with Crippen LogP contribution in [-0.2, 0) is 13.0 Å². The van der Waals surface area contributed by atoms with Gasteiger partial charge in [0.1, 0.15) is 11.6 Å². The van der Waals surface area contributed by atoms with Crippen molar-refractivity contribution in [1.82, 2.24) is 14.9 Å². The molecule has 0 N–H and O–H groups in total. The number of aromatic nitrogens is 2. The van der Waals surface area contributed by atoms with Crippen molar-refractivity contribution in [2.24, 2.45) is 0 Å². The monoisotopic (exact) mass is 334 g/mol. The molecule has 0 saturated carbocycles. The summed E-state index contributed by atoms with van der Waals surface area (Å²) < 4.78 is 13.3. The number of anilines is 1. The van der Waals surface area contributed by atoms with Crippen LogP contribution in [0, 0.1) is 5.82 Å². The number of nitrogens with zero attached hydrogens (tertiary/aromatic N) is 4. The maximum Gasteiger partial charge on any atom is 0.141 e. The lowest BCUT2D eigenvalue weighted by Crippen LogP contribution is -2.46. The number of aryl methyl sites for hydroxylation is 1. The molecule has 1 fully saturated rings. The largest absolute Gasteiger partial charge is 0.369 e. The van der Waals surface area contributed by atoms with E-state index in [1.807, 2.05) is 12.3 Å². The van der Waals surface area contributed by atoms with Crippen molar-refractivity contribution < 1.29 is 4.39 Å². The molecule has 0 amide bonds. The van der Waals surface area contributed by atoms with E-state index >= 15 is 0 Å². The Labute approximate surface area is 140 Å². The first-order chi connectivity index (χ1) is 11.2. The Hall–Kier alpha value is -1.72. The van der Waals surface area contributed by atoms with Gasteiger partial charge < -0.3 is 4.90 Å². The molecule has 0 radical (unpaired) electrons. The quantitative estimate of drug-likeness (QED) is 0.859. The highest BCUT2D eigenvalue weighted by molar-refractivity contribution is 6.31. The normalized spacial score (nSPS) is 15.9. The fraction of sp³-hybridized carbons (Fsp3) is 0.412. The van der Waals surface area contributed by atoms with Crippen molar-refractivity contribution in [1.29, 1.82) is 0 Å². The van der Waals surface area contributed by atoms with E-state index < -0.39 is 0 Å². The van der Waals surface area contributed by atoms with E-state index in [1.54, 1.807) is 12.1 Å². The van der Waals surface area contributed by atoms with Crippen molar-refractivity contribution in [2.45, 2.75) is 19.9 Å². The Morgan fingerprint density at radius 1 is 1.17 bits per heavy atom. The summed E-state index contributed by atoms with van der Waals surface area (Å²) in [6.07, 6.45) is 2.69. The van der Waals surface area contributed by atoms with Gasteiger partial charge in [0.05, 0.1) is 10.7 Å². The summed E-state index contributed by atoms with van der Waals surface area (Å²) in [5.41, 5.74) is 2.04. The molecule has 1 aliphatic rings. The smallest absolute Gasteiger partial charge is 0.141 e. The minimum Gasteiger partial charge on any atom is -0.369 e. The maximum atomic E-state index is 13.3. The van der Waals surface area contributed by atoms with Crippen LogP contribution >= 0.6 is 11.6 Å². The van der Waals surface area contributed by atoms with E-state index in [0.29, 0.717) is 0 Å². The fourth-order valence-corrected chi connectivity index (χ4v) is 2.95. The van der Waals surface area contributed by atoms with Crippen LogP contribution in [-0.4, -0.2) is 41.0 Å². The van der Waals surface area contributed by atoms with Gasteiger partial charge in [0.25, 0.3) is 0 Å². The molecule has 4 nitrogen and oxygen atoms in total. The van der Waals surface area contributed by atoms with Gasteiger partial charge in [-0.15, -0.1) is 0 Å². The summed E-state index contributed by atoms with van der Waals surface area (Å²) in [6, 6.07) is 6.89. The molecule has 2 aromatic rings. The van der Waals surface area contributed by atoms with Gasteiger partial charge in [-0.2, -0.15) is 0 Å². The van der Waals surface area contributed by atoms with E-state index in [2.05, 4.69) is 26.7 Å². The zero-order valence-electron chi connectivity index (χ0n) is 13.2. The lowest BCUT2D eigenvalue weighted by Gasteiger charge is -2.36. The minimum atomic E-state index is -0.371. The van der Waals surface area contributed by atoms with Gasteiger partial charge >= 0.3 is 0 Å². The first-order valence-electron chi connectivity index (χ1n) is 7.89. The van der Waals surface area contributed by atoms with Crippen LogP contribution in [0.25, 0.3) is 0 Å². The van der Waals surface area contributed by atoms with Gasteiger partial charge in [0.15, 0.2) is 0 Å². The third-order valence-electron chi connectivity index (χ3n) is 4.11. The molecule has 1 aromatic carbocycles. The second-order valence-electron chi connectivity index (χ2n) is 5.68. The van der Waals surface area contributed by atoms with Crippen LogP contribution in [0.1, 0.15) is 18.4 Å². The molecule has 23 heavy (non-hydrogen) atoms. The summed E-state index contributed by atoms with van der Waals surface area (Å²) in [4.78, 5) is 13.4. The van der Waals surface area contributed by atoms with Gasteiger partial charge in [-0.05, 0) is 24.3 Å². The average Bonchev–Trinajstić information content (AvgIpc) is 2.58. The van der Waals surface area contributed by atoms with Gasteiger partial charge in [0.2, 0.25) is 0 Å². The van der Waals surface area contributed by atoms with Crippen LogP contribution < -0.4 is 4.90 Å². The van der Waals surface area contributed by atoms with E-state index in [1.165, 1.54) is 6.07 Å². The molecule has 1 aromatic heterocycles. The molecule has 0 aliphatic carbocycles. The standard InChI is InChI=1S/C17H20ClFN4/c1-2-17-20-6-5-13(21-17)12-22-7-9-23(10-8-22)14-3-4-16(19)15(18)11-14/h3-6,11H,2,7-10,12H2,1H3. The molecule has 122 valence electrons. The van der Waals surface area contributed by atoms with E-state index in [4.69, 9.17) is 11.6 Å². The number of piperazine rings is 1. The second-order valence-corrected chi connectivity index (χ2v) is 6.09. The molecular formula is C17H20ClFN4. The summed E-state index contributed by atoms with van der Waals surface area (Å²) in [5, 5.41) is 0.179.